The van der Waals surface area contributed by atoms with Crippen molar-refractivity contribution in [3.63, 3.8) is 0 Å². The normalized spacial score (nSPS) is 11.8. The van der Waals surface area contributed by atoms with Crippen molar-refractivity contribution in [1.29, 1.82) is 0 Å². The standard InChI is InChI=1S/C22H26N2O3S/c1-5-6-7-15-8-10-17-20(13-15)28-22(24(17)2)23-21(25)14-16-9-11-18(26-3)19(12-16)27-4/h8-13H,5-7,14H2,1-4H3. The van der Waals surface area contributed by atoms with Gasteiger partial charge in [-0.25, -0.2) is 0 Å². The number of aromatic nitrogens is 1. The number of carbonyl (C=O) groups is 1. The molecule has 1 aromatic heterocycles. The summed E-state index contributed by atoms with van der Waals surface area (Å²) < 4.78 is 13.7. The number of methoxy groups -OCH3 is 2. The van der Waals surface area contributed by atoms with Crippen LogP contribution < -0.4 is 14.3 Å². The smallest absolute Gasteiger partial charge is 0.252 e. The number of thiazole rings is 1. The van der Waals surface area contributed by atoms with E-state index in [1.54, 1.807) is 31.6 Å². The first-order valence-electron chi connectivity index (χ1n) is 9.42. The summed E-state index contributed by atoms with van der Waals surface area (Å²) >= 11 is 1.55. The van der Waals surface area contributed by atoms with Crippen LogP contribution in [0.2, 0.25) is 0 Å². The third-order valence-corrected chi connectivity index (χ3v) is 5.81. The van der Waals surface area contributed by atoms with Gasteiger partial charge in [-0.2, -0.15) is 4.99 Å². The molecule has 28 heavy (non-hydrogen) atoms. The summed E-state index contributed by atoms with van der Waals surface area (Å²) in [7, 11) is 5.13. The summed E-state index contributed by atoms with van der Waals surface area (Å²) in [5, 5.41) is 0. The van der Waals surface area contributed by atoms with Gasteiger partial charge in [0, 0.05) is 7.05 Å². The van der Waals surface area contributed by atoms with Crippen molar-refractivity contribution >= 4 is 27.5 Å². The molecule has 0 aliphatic rings. The van der Waals surface area contributed by atoms with E-state index in [2.05, 4.69) is 30.1 Å². The lowest BCUT2D eigenvalue weighted by Gasteiger charge is -2.08. The fourth-order valence-corrected chi connectivity index (χ4v) is 4.23. The van der Waals surface area contributed by atoms with Crippen LogP contribution in [-0.4, -0.2) is 24.7 Å². The van der Waals surface area contributed by atoms with E-state index < -0.39 is 0 Å². The van der Waals surface area contributed by atoms with Crippen molar-refractivity contribution in [2.24, 2.45) is 12.0 Å². The van der Waals surface area contributed by atoms with E-state index in [-0.39, 0.29) is 12.3 Å². The minimum absolute atomic E-state index is 0.180. The highest BCUT2D eigenvalue weighted by Gasteiger charge is 2.10. The lowest BCUT2D eigenvalue weighted by Crippen LogP contribution is -2.14. The average molecular weight is 399 g/mol. The Morgan fingerprint density at radius 1 is 1.07 bits per heavy atom. The molecule has 6 heteroatoms. The molecule has 0 radical (unpaired) electrons. The van der Waals surface area contributed by atoms with Gasteiger partial charge in [-0.3, -0.25) is 4.79 Å². The van der Waals surface area contributed by atoms with Gasteiger partial charge in [0.2, 0.25) is 0 Å². The van der Waals surface area contributed by atoms with Crippen LogP contribution in [0.5, 0.6) is 11.5 Å². The Morgan fingerprint density at radius 2 is 1.82 bits per heavy atom. The Hall–Kier alpha value is -2.60. The number of ether oxygens (including phenoxy) is 2. The first kappa shape index (κ1) is 20.1. The van der Waals surface area contributed by atoms with Gasteiger partial charge in [0.05, 0.1) is 30.9 Å². The van der Waals surface area contributed by atoms with Crippen LogP contribution in [0.1, 0.15) is 30.9 Å². The van der Waals surface area contributed by atoms with Gasteiger partial charge >= 0.3 is 0 Å². The number of hydrogen-bond acceptors (Lipinski definition) is 4. The molecule has 1 amide bonds. The molecule has 0 spiro atoms. The van der Waals surface area contributed by atoms with Crippen LogP contribution in [-0.2, 0) is 24.7 Å². The largest absolute Gasteiger partial charge is 0.493 e. The summed E-state index contributed by atoms with van der Waals surface area (Å²) in [6.07, 6.45) is 3.67. The molecule has 0 atom stereocenters. The molecule has 2 aromatic carbocycles. The van der Waals surface area contributed by atoms with Gasteiger partial charge in [0.1, 0.15) is 0 Å². The molecule has 0 saturated heterocycles. The first-order chi connectivity index (χ1) is 13.5. The molecule has 0 aliphatic heterocycles. The number of nitrogens with zero attached hydrogens (tertiary/aromatic N) is 2. The molecular weight excluding hydrogens is 372 g/mol. The minimum atomic E-state index is -0.180. The second-order valence-corrected chi connectivity index (χ2v) is 7.73. The maximum atomic E-state index is 12.5. The molecule has 0 unspecified atom stereocenters. The lowest BCUT2D eigenvalue weighted by molar-refractivity contribution is -0.117. The minimum Gasteiger partial charge on any atom is -0.493 e. The number of aryl methyl sites for hydroxylation is 2. The van der Waals surface area contributed by atoms with E-state index in [4.69, 9.17) is 9.47 Å². The monoisotopic (exact) mass is 398 g/mol. The topological polar surface area (TPSA) is 52.8 Å². The van der Waals surface area contributed by atoms with Crippen LogP contribution in [0.25, 0.3) is 10.2 Å². The zero-order chi connectivity index (χ0) is 20.1. The highest BCUT2D eigenvalue weighted by atomic mass is 32.1. The number of rotatable bonds is 7. The van der Waals surface area contributed by atoms with E-state index in [0.29, 0.717) is 16.3 Å². The van der Waals surface area contributed by atoms with Crippen molar-refractivity contribution in [2.75, 3.05) is 14.2 Å². The van der Waals surface area contributed by atoms with Crippen LogP contribution in [0, 0.1) is 0 Å². The Bertz CT molecular complexity index is 1050. The zero-order valence-corrected chi connectivity index (χ0v) is 17.6. The third kappa shape index (κ3) is 4.44. The van der Waals surface area contributed by atoms with Crippen molar-refractivity contribution < 1.29 is 14.3 Å². The number of hydrogen-bond donors (Lipinski definition) is 0. The number of benzene rings is 2. The zero-order valence-electron chi connectivity index (χ0n) is 16.8. The quantitative estimate of drug-likeness (QED) is 0.597. The summed E-state index contributed by atoms with van der Waals surface area (Å²) in [6, 6.07) is 12.0. The van der Waals surface area contributed by atoms with E-state index >= 15 is 0 Å². The van der Waals surface area contributed by atoms with Gasteiger partial charge in [-0.15, -0.1) is 0 Å². The second kappa shape index (κ2) is 9.06. The van der Waals surface area contributed by atoms with Gasteiger partial charge in [-0.05, 0) is 48.2 Å². The molecule has 3 rings (SSSR count). The van der Waals surface area contributed by atoms with Crippen LogP contribution in [0.3, 0.4) is 0 Å². The van der Waals surface area contributed by atoms with Crippen LogP contribution in [0.15, 0.2) is 41.4 Å². The van der Waals surface area contributed by atoms with Gasteiger partial charge < -0.3 is 14.0 Å². The third-order valence-electron chi connectivity index (χ3n) is 4.72. The highest BCUT2D eigenvalue weighted by Crippen LogP contribution is 2.27. The second-order valence-electron chi connectivity index (χ2n) is 6.72. The number of amides is 1. The molecule has 1 heterocycles. The molecular formula is C22H26N2O3S. The average Bonchev–Trinajstić information content (AvgIpc) is 3.00. The van der Waals surface area contributed by atoms with Gasteiger partial charge in [0.25, 0.3) is 5.91 Å². The van der Waals surface area contributed by atoms with Gasteiger partial charge in [-0.1, -0.05) is 36.8 Å². The Morgan fingerprint density at radius 3 is 2.54 bits per heavy atom. The number of carbonyl (C=O) groups excluding carboxylic acids is 1. The predicted molar refractivity (Wildman–Crippen MR) is 113 cm³/mol. The molecule has 148 valence electrons. The SMILES string of the molecule is CCCCc1ccc2c(c1)sc(=NC(=O)Cc1ccc(OC)c(OC)c1)n2C. The van der Waals surface area contributed by atoms with E-state index in [0.717, 1.165) is 22.2 Å². The molecule has 0 fully saturated rings. The summed E-state index contributed by atoms with van der Waals surface area (Å²) in [6.45, 7) is 2.20. The fourth-order valence-electron chi connectivity index (χ4n) is 3.13. The number of fused-ring (bicyclic) bond motifs is 1. The van der Waals surface area contributed by atoms with Gasteiger partial charge in [0.15, 0.2) is 16.3 Å². The van der Waals surface area contributed by atoms with Crippen molar-refractivity contribution in [2.45, 2.75) is 32.6 Å². The maximum Gasteiger partial charge on any atom is 0.252 e. The first-order valence-corrected chi connectivity index (χ1v) is 10.2. The summed E-state index contributed by atoms with van der Waals surface area (Å²) in [5.74, 6) is 1.07. The van der Waals surface area contributed by atoms with E-state index in [1.165, 1.54) is 18.4 Å². The Labute approximate surface area is 169 Å². The van der Waals surface area contributed by atoms with Crippen molar-refractivity contribution in [1.82, 2.24) is 4.57 Å². The van der Waals surface area contributed by atoms with Crippen molar-refractivity contribution in [3.05, 3.63) is 52.3 Å². The van der Waals surface area contributed by atoms with Crippen LogP contribution >= 0.6 is 11.3 Å². The maximum absolute atomic E-state index is 12.5. The molecule has 0 aliphatic carbocycles. The Balaban J connectivity index is 1.85. The Kier molecular flexibility index (Phi) is 6.52. The molecule has 5 nitrogen and oxygen atoms in total. The predicted octanol–water partition coefficient (Wildman–Crippen LogP) is 4.27. The molecule has 0 bridgehead atoms. The van der Waals surface area contributed by atoms with Crippen molar-refractivity contribution in [3.8, 4) is 11.5 Å². The lowest BCUT2D eigenvalue weighted by atomic mass is 10.1. The van der Waals surface area contributed by atoms with Crippen LogP contribution in [0.4, 0.5) is 0 Å². The summed E-state index contributed by atoms with van der Waals surface area (Å²) in [4.78, 5) is 17.6. The molecule has 3 aromatic rings. The molecule has 0 N–H and O–H groups in total. The summed E-state index contributed by atoms with van der Waals surface area (Å²) in [5.41, 5.74) is 3.28. The highest BCUT2D eigenvalue weighted by molar-refractivity contribution is 7.16. The number of unbranched alkanes of at least 4 members (excludes halogenated alkanes) is 1. The van der Waals surface area contributed by atoms with E-state index in [9.17, 15) is 4.79 Å². The molecule has 0 saturated carbocycles. The fraction of sp³-hybridized carbons (Fsp3) is 0.364. The van der Waals surface area contributed by atoms with E-state index in [1.807, 2.05) is 23.7 Å².